The van der Waals surface area contributed by atoms with E-state index in [0.29, 0.717) is 0 Å². The number of esters is 3. The number of carbonyl (C=O) groups excluding carboxylic acids is 3. The highest BCUT2D eigenvalue weighted by Gasteiger charge is 2.48. The Kier molecular flexibility index (Phi) is 5.87. The molecule has 1 aliphatic rings. The zero-order chi connectivity index (χ0) is 19.4. The summed E-state index contributed by atoms with van der Waals surface area (Å²) in [5.74, 6) is -2.16. The SMILES string of the molecule is CC(=O)O[C@@H]1[C@H](OC(C)=O)[C@@H](OC(C)=O)CO[C@H]1n1ncc(=O)[nH]c1=O. The van der Waals surface area contributed by atoms with Crippen molar-refractivity contribution < 1.29 is 33.3 Å². The van der Waals surface area contributed by atoms with Gasteiger partial charge in [0.05, 0.1) is 6.61 Å². The van der Waals surface area contributed by atoms with Gasteiger partial charge >= 0.3 is 23.6 Å². The van der Waals surface area contributed by atoms with E-state index in [2.05, 4.69) is 5.10 Å². The number of H-pyrrole nitrogens is 1. The molecule has 0 saturated carbocycles. The molecule has 0 aromatic carbocycles. The number of rotatable bonds is 4. The van der Waals surface area contributed by atoms with E-state index in [4.69, 9.17) is 18.9 Å². The number of hydrogen-bond donors (Lipinski definition) is 1. The predicted molar refractivity (Wildman–Crippen MR) is 80.8 cm³/mol. The van der Waals surface area contributed by atoms with Crippen LogP contribution in [0.4, 0.5) is 0 Å². The summed E-state index contributed by atoms with van der Waals surface area (Å²) in [5, 5.41) is 3.65. The Hall–Kier alpha value is -3.02. The summed E-state index contributed by atoms with van der Waals surface area (Å²) in [7, 11) is 0. The number of carbonyl (C=O) groups is 3. The Morgan fingerprint density at radius 2 is 1.65 bits per heavy atom. The van der Waals surface area contributed by atoms with Gasteiger partial charge in [-0.3, -0.25) is 24.2 Å². The molecule has 0 amide bonds. The van der Waals surface area contributed by atoms with Gasteiger partial charge in [0.15, 0.2) is 24.5 Å². The summed E-state index contributed by atoms with van der Waals surface area (Å²) in [6, 6.07) is 0. The van der Waals surface area contributed by atoms with Gasteiger partial charge < -0.3 is 18.9 Å². The maximum Gasteiger partial charge on any atom is 0.347 e. The van der Waals surface area contributed by atoms with E-state index in [0.717, 1.165) is 31.6 Å². The molecule has 12 heteroatoms. The molecule has 0 spiro atoms. The fraction of sp³-hybridized carbons (Fsp3) is 0.571. The number of nitrogens with zero attached hydrogens (tertiary/aromatic N) is 2. The molecule has 142 valence electrons. The number of aromatic nitrogens is 3. The zero-order valence-corrected chi connectivity index (χ0v) is 14.2. The summed E-state index contributed by atoms with van der Waals surface area (Å²) in [6.07, 6.45) is -4.17. The molecule has 12 nitrogen and oxygen atoms in total. The molecule has 0 aliphatic carbocycles. The van der Waals surface area contributed by atoms with E-state index < -0.39 is 53.7 Å². The van der Waals surface area contributed by atoms with Crippen molar-refractivity contribution in [1.29, 1.82) is 0 Å². The third-order valence-electron chi connectivity index (χ3n) is 3.30. The van der Waals surface area contributed by atoms with E-state index in [1.54, 1.807) is 0 Å². The standard InChI is InChI=1S/C14H17N3O9/c1-6(18)24-9-5-23-13(17-14(22)16-10(21)4-15-17)12(26-8(3)20)11(9)25-7(2)19/h4,9,11-13H,5H2,1-3H3,(H,16,21,22)/t9-,11+,12+,13+/m0/s1. The predicted octanol–water partition coefficient (Wildman–Crippen LogP) is -1.74. The first kappa shape index (κ1) is 19.3. The number of nitrogens with one attached hydrogen (secondary N) is 1. The van der Waals surface area contributed by atoms with E-state index in [1.165, 1.54) is 0 Å². The molecule has 1 saturated heterocycles. The minimum Gasteiger partial charge on any atom is -0.456 e. The van der Waals surface area contributed by atoms with Crippen LogP contribution in [0.3, 0.4) is 0 Å². The molecule has 0 radical (unpaired) electrons. The average Bonchev–Trinajstić information content (AvgIpc) is 2.50. The van der Waals surface area contributed by atoms with Crippen LogP contribution in [0.25, 0.3) is 0 Å². The second-order valence-corrected chi connectivity index (χ2v) is 5.40. The van der Waals surface area contributed by atoms with Crippen LogP contribution in [0, 0.1) is 0 Å². The zero-order valence-electron chi connectivity index (χ0n) is 14.2. The van der Waals surface area contributed by atoms with Crippen molar-refractivity contribution in [3.63, 3.8) is 0 Å². The molecule has 1 fully saturated rings. The molecule has 2 rings (SSSR count). The second-order valence-electron chi connectivity index (χ2n) is 5.40. The second kappa shape index (κ2) is 7.91. The van der Waals surface area contributed by atoms with Crippen molar-refractivity contribution in [1.82, 2.24) is 14.8 Å². The molecule has 26 heavy (non-hydrogen) atoms. The van der Waals surface area contributed by atoms with Crippen molar-refractivity contribution in [2.45, 2.75) is 45.3 Å². The van der Waals surface area contributed by atoms with Crippen molar-refractivity contribution in [2.24, 2.45) is 0 Å². The molecule has 4 atom stereocenters. The minimum atomic E-state index is -1.36. The van der Waals surface area contributed by atoms with Crippen LogP contribution < -0.4 is 11.2 Å². The van der Waals surface area contributed by atoms with Crippen molar-refractivity contribution in [3.8, 4) is 0 Å². The van der Waals surface area contributed by atoms with Gasteiger partial charge in [-0.2, -0.15) is 9.78 Å². The monoisotopic (exact) mass is 371 g/mol. The van der Waals surface area contributed by atoms with Gasteiger partial charge in [0.2, 0.25) is 0 Å². The van der Waals surface area contributed by atoms with Gasteiger partial charge in [-0.05, 0) is 0 Å². The summed E-state index contributed by atoms with van der Waals surface area (Å²) < 4.78 is 21.5. The first-order valence-corrected chi connectivity index (χ1v) is 7.50. The summed E-state index contributed by atoms with van der Waals surface area (Å²) in [6.45, 7) is 3.09. The van der Waals surface area contributed by atoms with Crippen LogP contribution in [0.1, 0.15) is 27.0 Å². The summed E-state index contributed by atoms with van der Waals surface area (Å²) in [4.78, 5) is 59.4. The Morgan fingerprint density at radius 3 is 2.19 bits per heavy atom. The summed E-state index contributed by atoms with van der Waals surface area (Å²) in [5.41, 5.74) is -1.66. The molecule has 1 N–H and O–H groups in total. The number of hydrogen-bond acceptors (Lipinski definition) is 10. The molecule has 2 heterocycles. The highest BCUT2D eigenvalue weighted by Crippen LogP contribution is 2.29. The van der Waals surface area contributed by atoms with Crippen LogP contribution in [-0.4, -0.2) is 57.6 Å². The van der Waals surface area contributed by atoms with Gasteiger partial charge in [0.25, 0.3) is 5.56 Å². The molecule has 1 aliphatic heterocycles. The van der Waals surface area contributed by atoms with E-state index in [1.807, 2.05) is 4.98 Å². The van der Waals surface area contributed by atoms with Crippen LogP contribution in [-0.2, 0) is 33.3 Å². The fourth-order valence-corrected chi connectivity index (χ4v) is 2.48. The van der Waals surface area contributed by atoms with Gasteiger partial charge in [-0.25, -0.2) is 4.79 Å². The molecular weight excluding hydrogens is 354 g/mol. The fourth-order valence-electron chi connectivity index (χ4n) is 2.48. The maximum absolute atomic E-state index is 12.0. The normalized spacial score (nSPS) is 25.2. The average molecular weight is 371 g/mol. The highest BCUT2D eigenvalue weighted by atomic mass is 16.6. The van der Waals surface area contributed by atoms with Crippen molar-refractivity contribution in [2.75, 3.05) is 6.61 Å². The topological polar surface area (TPSA) is 156 Å². The lowest BCUT2D eigenvalue weighted by atomic mass is 10.0. The van der Waals surface area contributed by atoms with Crippen LogP contribution in [0.5, 0.6) is 0 Å². The third kappa shape index (κ3) is 4.53. The van der Waals surface area contributed by atoms with Gasteiger partial charge in [0.1, 0.15) is 6.20 Å². The van der Waals surface area contributed by atoms with E-state index >= 15 is 0 Å². The molecule has 1 aromatic rings. The first-order chi connectivity index (χ1) is 12.2. The van der Waals surface area contributed by atoms with Gasteiger partial charge in [-0.15, -0.1) is 0 Å². The smallest absolute Gasteiger partial charge is 0.347 e. The molecule has 0 bridgehead atoms. The molecular formula is C14H17N3O9. The van der Waals surface area contributed by atoms with E-state index in [-0.39, 0.29) is 6.61 Å². The van der Waals surface area contributed by atoms with Crippen molar-refractivity contribution in [3.05, 3.63) is 27.0 Å². The van der Waals surface area contributed by atoms with Crippen molar-refractivity contribution >= 4 is 17.9 Å². The van der Waals surface area contributed by atoms with Crippen LogP contribution in [0.15, 0.2) is 15.8 Å². The van der Waals surface area contributed by atoms with Gasteiger partial charge in [-0.1, -0.05) is 0 Å². The Bertz CT molecular complexity index is 814. The van der Waals surface area contributed by atoms with Crippen LogP contribution >= 0.6 is 0 Å². The highest BCUT2D eigenvalue weighted by molar-refractivity contribution is 5.68. The van der Waals surface area contributed by atoms with E-state index in [9.17, 15) is 24.0 Å². The maximum atomic E-state index is 12.0. The Balaban J connectivity index is 2.46. The van der Waals surface area contributed by atoms with Crippen LogP contribution in [0.2, 0.25) is 0 Å². The molecule has 1 aromatic heterocycles. The number of ether oxygens (including phenoxy) is 4. The Labute approximate surface area is 146 Å². The lowest BCUT2D eigenvalue weighted by molar-refractivity contribution is -0.242. The summed E-state index contributed by atoms with van der Waals surface area (Å²) >= 11 is 0. The first-order valence-electron chi connectivity index (χ1n) is 7.50. The Morgan fingerprint density at radius 1 is 1.08 bits per heavy atom. The number of aromatic amines is 1. The lowest BCUT2D eigenvalue weighted by Gasteiger charge is -2.40. The third-order valence-corrected chi connectivity index (χ3v) is 3.30. The lowest BCUT2D eigenvalue weighted by Crippen LogP contribution is -2.57. The molecule has 0 unspecified atom stereocenters. The van der Waals surface area contributed by atoms with Gasteiger partial charge in [0, 0.05) is 20.8 Å². The largest absolute Gasteiger partial charge is 0.456 e. The minimum absolute atomic E-state index is 0.271. The quantitative estimate of drug-likeness (QED) is 0.476.